The molecule has 5 rings (SSSR count). The van der Waals surface area contributed by atoms with Crippen LogP contribution in [0.3, 0.4) is 0 Å². The van der Waals surface area contributed by atoms with Crippen LogP contribution in [-0.4, -0.2) is 67.8 Å². The first-order valence-electron chi connectivity index (χ1n) is 14.1. The predicted molar refractivity (Wildman–Crippen MR) is 155 cm³/mol. The van der Waals surface area contributed by atoms with E-state index in [1.54, 1.807) is 0 Å². The molecule has 1 aromatic carbocycles. The van der Waals surface area contributed by atoms with E-state index in [1.807, 2.05) is 29.1 Å². The number of nitrogens with one attached hydrogen (secondary N) is 1. The number of pyridine rings is 1. The summed E-state index contributed by atoms with van der Waals surface area (Å²) in [6, 6.07) is 14.2. The van der Waals surface area contributed by atoms with Crippen LogP contribution in [0, 0.1) is 0 Å². The topological polar surface area (TPSA) is 73.7 Å². The lowest BCUT2D eigenvalue weighted by atomic mass is 9.91. The summed E-state index contributed by atoms with van der Waals surface area (Å²) < 4.78 is 20.6. The lowest BCUT2D eigenvalue weighted by Crippen LogP contribution is -2.43. The fraction of sp³-hybridized carbons (Fsp3) is 0.586. The first kappa shape index (κ1) is 27.1. The Labute approximate surface area is 227 Å². The van der Waals surface area contributed by atoms with Crippen molar-refractivity contribution < 1.29 is 14.2 Å². The molecule has 206 valence electrons. The van der Waals surface area contributed by atoms with Crippen molar-refractivity contribution in [1.29, 1.82) is 0 Å². The van der Waals surface area contributed by atoms with Crippen molar-refractivity contribution in [2.24, 2.45) is 0 Å². The number of rotatable bonds is 12. The maximum Gasteiger partial charge on any atom is 0.243 e. The Kier molecular flexibility index (Phi) is 8.67. The zero-order valence-corrected chi connectivity index (χ0v) is 24.4. The summed E-state index contributed by atoms with van der Waals surface area (Å²) in [6.45, 7) is 10.8. The van der Waals surface area contributed by atoms with Gasteiger partial charge in [-0.25, -0.2) is 9.67 Å². The van der Waals surface area contributed by atoms with E-state index in [1.165, 1.54) is 5.56 Å². The quantitative estimate of drug-likeness (QED) is 0.256. The van der Waals surface area contributed by atoms with Crippen LogP contribution < -0.4 is 15.0 Å². The van der Waals surface area contributed by atoms with Crippen LogP contribution in [0.15, 0.2) is 42.6 Å². The molecule has 38 heavy (non-hydrogen) atoms. The molecule has 0 unspecified atom stereocenters. The lowest BCUT2D eigenvalue weighted by molar-refractivity contribution is -0.0925. The molecule has 1 N–H and O–H groups in total. The number of nitrogens with zero attached hydrogens (tertiary/aromatic N) is 4. The van der Waals surface area contributed by atoms with Crippen LogP contribution in [0.5, 0.6) is 5.88 Å². The highest BCUT2D eigenvalue weighted by Crippen LogP contribution is 2.34. The second kappa shape index (κ2) is 12.2. The van der Waals surface area contributed by atoms with Gasteiger partial charge < -0.3 is 24.4 Å². The number of hydrogen-bond donors (Lipinski definition) is 1. The first-order chi connectivity index (χ1) is 18.4. The Bertz CT molecular complexity index is 1170. The summed E-state index contributed by atoms with van der Waals surface area (Å²) in [5.74, 6) is 0.631. The number of ether oxygens (including phenoxy) is 3. The number of benzene rings is 1. The highest BCUT2D eigenvalue weighted by molar-refractivity contribution is 6.76. The van der Waals surface area contributed by atoms with Crippen LogP contribution in [0.4, 0.5) is 5.69 Å². The van der Waals surface area contributed by atoms with Crippen LogP contribution in [-0.2, 0) is 22.8 Å². The Hall–Kier alpha value is -2.46. The molecule has 0 spiro atoms. The SMILES string of the molecule is CNC1CCN(c2cnc3c(c2)c(O[C@@H]2CC[C@H]2OCc2ccccc2)nn3COCC[Si](C)(C)C)CC1. The Morgan fingerprint density at radius 3 is 2.47 bits per heavy atom. The molecule has 8 nitrogen and oxygen atoms in total. The van der Waals surface area contributed by atoms with Gasteiger partial charge in [0.05, 0.1) is 30.0 Å². The van der Waals surface area contributed by atoms with Gasteiger partial charge in [0.25, 0.3) is 0 Å². The highest BCUT2D eigenvalue weighted by Gasteiger charge is 2.35. The summed E-state index contributed by atoms with van der Waals surface area (Å²) >= 11 is 0. The summed E-state index contributed by atoms with van der Waals surface area (Å²) in [4.78, 5) is 7.27. The third-order valence-corrected chi connectivity index (χ3v) is 9.44. The Morgan fingerprint density at radius 1 is 1.03 bits per heavy atom. The number of anilines is 1. The summed E-state index contributed by atoms with van der Waals surface area (Å²) in [5, 5.41) is 9.20. The number of fused-ring (bicyclic) bond motifs is 1. The summed E-state index contributed by atoms with van der Waals surface area (Å²) in [6.07, 6.45) is 6.26. The predicted octanol–water partition coefficient (Wildman–Crippen LogP) is 5.06. The number of aromatic nitrogens is 3. The molecule has 2 atom stereocenters. The van der Waals surface area contributed by atoms with E-state index in [0.29, 0.717) is 25.3 Å². The van der Waals surface area contributed by atoms with Gasteiger partial charge in [0, 0.05) is 33.8 Å². The molecular weight excluding hydrogens is 494 g/mol. The van der Waals surface area contributed by atoms with Gasteiger partial charge in [-0.05, 0) is 50.4 Å². The highest BCUT2D eigenvalue weighted by atomic mass is 28.3. The van der Waals surface area contributed by atoms with Crippen molar-refractivity contribution in [2.75, 3.05) is 31.6 Å². The second-order valence-electron chi connectivity index (χ2n) is 11.8. The zero-order chi connectivity index (χ0) is 26.5. The molecule has 1 aliphatic carbocycles. The van der Waals surface area contributed by atoms with Crippen LogP contribution >= 0.6 is 0 Å². The van der Waals surface area contributed by atoms with Crippen LogP contribution in [0.1, 0.15) is 31.2 Å². The van der Waals surface area contributed by atoms with Crippen LogP contribution in [0.25, 0.3) is 11.0 Å². The molecule has 9 heteroatoms. The molecule has 2 fully saturated rings. The van der Waals surface area contributed by atoms with E-state index in [4.69, 9.17) is 24.3 Å². The first-order valence-corrected chi connectivity index (χ1v) is 17.8. The van der Waals surface area contributed by atoms with Crippen molar-refractivity contribution in [2.45, 2.75) is 83.0 Å². The van der Waals surface area contributed by atoms with Crippen molar-refractivity contribution in [3.8, 4) is 5.88 Å². The molecule has 1 saturated carbocycles. The molecule has 3 aromatic rings. The molecule has 3 heterocycles. The van der Waals surface area contributed by atoms with Gasteiger partial charge in [0.1, 0.15) is 12.8 Å². The largest absolute Gasteiger partial charge is 0.470 e. The Morgan fingerprint density at radius 2 is 1.79 bits per heavy atom. The minimum Gasteiger partial charge on any atom is -0.470 e. The molecule has 2 aliphatic rings. The monoisotopic (exact) mass is 537 g/mol. The van der Waals surface area contributed by atoms with E-state index in [-0.39, 0.29) is 12.2 Å². The van der Waals surface area contributed by atoms with Gasteiger partial charge in [0.2, 0.25) is 5.88 Å². The van der Waals surface area contributed by atoms with Crippen molar-refractivity contribution in [3.63, 3.8) is 0 Å². The second-order valence-corrected chi connectivity index (χ2v) is 17.5. The fourth-order valence-corrected chi connectivity index (χ4v) is 5.77. The molecule has 0 bridgehead atoms. The standard InChI is InChI=1S/C29H43N5O3Si/c1-30-23-12-14-33(15-13-23)24-18-25-28(31-19-24)34(21-35-16-17-38(2,3)4)32-29(25)37-27-11-10-26(27)36-20-22-8-6-5-7-9-22/h5-9,18-19,23,26-27,30H,10-17,20-21H2,1-4H3/t26-,27-/m1/s1. The third kappa shape index (κ3) is 6.75. The number of piperidine rings is 1. The van der Waals surface area contributed by atoms with Gasteiger partial charge in [-0.15, -0.1) is 5.10 Å². The average Bonchev–Trinajstić information content (AvgIpc) is 3.26. The van der Waals surface area contributed by atoms with Gasteiger partial charge in [0.15, 0.2) is 5.65 Å². The average molecular weight is 538 g/mol. The van der Waals surface area contributed by atoms with Gasteiger partial charge in [-0.3, -0.25) is 0 Å². The molecule has 0 radical (unpaired) electrons. The third-order valence-electron chi connectivity index (χ3n) is 7.74. The minimum absolute atomic E-state index is 0.00639. The van der Waals surface area contributed by atoms with E-state index in [9.17, 15) is 0 Å². The minimum atomic E-state index is -1.16. The molecule has 2 aromatic heterocycles. The Balaban J connectivity index is 1.31. The smallest absolute Gasteiger partial charge is 0.243 e. The van der Waals surface area contributed by atoms with Gasteiger partial charge in [-0.2, -0.15) is 0 Å². The number of hydrogen-bond acceptors (Lipinski definition) is 7. The van der Waals surface area contributed by atoms with Crippen molar-refractivity contribution in [3.05, 3.63) is 48.2 Å². The fourth-order valence-electron chi connectivity index (χ4n) is 5.01. The van der Waals surface area contributed by atoms with E-state index in [0.717, 1.165) is 68.1 Å². The van der Waals surface area contributed by atoms with Gasteiger partial charge >= 0.3 is 0 Å². The van der Waals surface area contributed by atoms with E-state index in [2.05, 4.69) is 55.1 Å². The maximum absolute atomic E-state index is 6.51. The normalized spacial score (nSPS) is 20.6. The van der Waals surface area contributed by atoms with Crippen molar-refractivity contribution in [1.82, 2.24) is 20.1 Å². The zero-order valence-electron chi connectivity index (χ0n) is 23.4. The van der Waals surface area contributed by atoms with E-state index >= 15 is 0 Å². The van der Waals surface area contributed by atoms with Crippen LogP contribution in [0.2, 0.25) is 25.7 Å². The molecule has 0 amide bonds. The molecule has 1 saturated heterocycles. The van der Waals surface area contributed by atoms with Crippen molar-refractivity contribution >= 4 is 24.8 Å². The van der Waals surface area contributed by atoms with Gasteiger partial charge in [-0.1, -0.05) is 50.0 Å². The molecular formula is C29H43N5O3Si. The summed E-state index contributed by atoms with van der Waals surface area (Å²) in [7, 11) is 0.894. The van der Waals surface area contributed by atoms with E-state index < -0.39 is 8.07 Å². The maximum atomic E-state index is 6.51. The molecule has 1 aliphatic heterocycles. The lowest BCUT2D eigenvalue weighted by Gasteiger charge is -2.35. The summed E-state index contributed by atoms with van der Waals surface area (Å²) in [5.41, 5.74) is 3.11.